The molecule has 0 unspecified atom stereocenters. The molecule has 0 bridgehead atoms. The van der Waals surface area contributed by atoms with Crippen LogP contribution in [0.25, 0.3) is 0 Å². The van der Waals surface area contributed by atoms with Crippen LogP contribution in [-0.2, 0) is 13.1 Å². The van der Waals surface area contributed by atoms with E-state index in [4.69, 9.17) is 0 Å². The maximum absolute atomic E-state index is 11.5. The second-order valence-electron chi connectivity index (χ2n) is 3.12. The van der Waals surface area contributed by atoms with Crippen LogP contribution < -0.4 is 4.72 Å². The van der Waals surface area contributed by atoms with Crippen molar-refractivity contribution in [1.29, 1.82) is 0 Å². The normalized spacial score (nSPS) is 13.9. The number of fused-ring (bicyclic) bond motifs is 1. The minimum absolute atomic E-state index is 0.0822. The highest BCUT2D eigenvalue weighted by Crippen LogP contribution is 2.22. The van der Waals surface area contributed by atoms with Gasteiger partial charge in [-0.25, -0.2) is 4.79 Å². The van der Waals surface area contributed by atoms with Crippen LogP contribution in [0.5, 0.6) is 0 Å². The van der Waals surface area contributed by atoms with Crippen LogP contribution in [-0.4, -0.2) is 10.9 Å². The lowest BCUT2D eigenvalue weighted by atomic mass is 10.1. The van der Waals surface area contributed by atoms with Gasteiger partial charge in [0.1, 0.15) is 0 Å². The highest BCUT2D eigenvalue weighted by atomic mass is 33.1. The molecule has 74 valence electrons. The monoisotopic (exact) mass is 226 g/mol. The number of carbonyl (C=O) groups is 1. The molecule has 3 nitrogen and oxygen atoms in total. The van der Waals surface area contributed by atoms with E-state index in [2.05, 4.69) is 28.5 Å². The van der Waals surface area contributed by atoms with Crippen molar-refractivity contribution in [3.05, 3.63) is 35.4 Å². The highest BCUT2D eigenvalue weighted by Gasteiger charge is 2.22. The molecule has 1 aromatic carbocycles. The van der Waals surface area contributed by atoms with Gasteiger partial charge in [-0.3, -0.25) is 4.72 Å². The quantitative estimate of drug-likeness (QED) is 0.437. The Morgan fingerprint density at radius 3 is 2.43 bits per heavy atom. The first-order valence-electron chi connectivity index (χ1n) is 4.23. The molecule has 2 amide bonds. The van der Waals surface area contributed by atoms with E-state index in [0.717, 1.165) is 11.0 Å². The topological polar surface area (TPSA) is 32.3 Å². The molecule has 1 aromatic rings. The molecule has 0 aromatic heterocycles. The molecule has 1 aliphatic heterocycles. The Hall–Kier alpha value is -0.810. The third-order valence-electron chi connectivity index (χ3n) is 2.26. The second-order valence-corrected chi connectivity index (χ2v) is 4.06. The summed E-state index contributed by atoms with van der Waals surface area (Å²) in [6.07, 6.45) is 0. The number of benzene rings is 1. The summed E-state index contributed by atoms with van der Waals surface area (Å²) in [7, 11) is 1.03. The molecule has 14 heavy (non-hydrogen) atoms. The molecule has 0 saturated carbocycles. The van der Waals surface area contributed by atoms with E-state index in [1.165, 1.54) is 11.1 Å². The van der Waals surface area contributed by atoms with Crippen LogP contribution in [0.1, 0.15) is 11.1 Å². The van der Waals surface area contributed by atoms with Crippen LogP contribution in [0.15, 0.2) is 24.3 Å². The fraction of sp³-hybridized carbons (Fsp3) is 0.222. The van der Waals surface area contributed by atoms with Gasteiger partial charge in [0.05, 0.1) is 0 Å². The van der Waals surface area contributed by atoms with E-state index >= 15 is 0 Å². The molecule has 1 heterocycles. The van der Waals surface area contributed by atoms with Gasteiger partial charge in [-0.2, -0.15) is 0 Å². The Balaban J connectivity index is 2.08. The predicted molar refractivity (Wildman–Crippen MR) is 60.8 cm³/mol. The van der Waals surface area contributed by atoms with E-state index in [1.54, 1.807) is 4.90 Å². The van der Waals surface area contributed by atoms with Crippen LogP contribution >= 0.6 is 22.6 Å². The fourth-order valence-electron chi connectivity index (χ4n) is 1.58. The summed E-state index contributed by atoms with van der Waals surface area (Å²) in [5, 5.41) is 0. The SMILES string of the molecule is O=C(NSS)N1Cc2ccccc2C1. The van der Waals surface area contributed by atoms with E-state index in [0.29, 0.717) is 13.1 Å². The summed E-state index contributed by atoms with van der Waals surface area (Å²) >= 11 is 3.87. The van der Waals surface area contributed by atoms with Gasteiger partial charge in [0.25, 0.3) is 0 Å². The summed E-state index contributed by atoms with van der Waals surface area (Å²) in [6, 6.07) is 8.01. The lowest BCUT2D eigenvalue weighted by molar-refractivity contribution is 0.205. The van der Waals surface area contributed by atoms with Gasteiger partial charge in [0.15, 0.2) is 0 Å². The van der Waals surface area contributed by atoms with Crippen LogP contribution in [0.4, 0.5) is 4.79 Å². The van der Waals surface area contributed by atoms with Crippen LogP contribution in [0, 0.1) is 0 Å². The lowest BCUT2D eigenvalue weighted by Crippen LogP contribution is -2.31. The first-order chi connectivity index (χ1) is 6.81. The molecule has 0 radical (unpaired) electrons. The number of hydrogen-bond acceptors (Lipinski definition) is 3. The van der Waals surface area contributed by atoms with Gasteiger partial charge >= 0.3 is 6.03 Å². The standard InChI is InChI=1S/C9H10N2OS2/c12-9(10-14-13)11-5-7-3-1-2-4-8(7)6-11/h1-4,13H,5-6H2,(H,10,12). The van der Waals surface area contributed by atoms with Crippen LogP contribution in [0.3, 0.4) is 0 Å². The molecule has 1 aliphatic rings. The number of thiol groups is 1. The summed E-state index contributed by atoms with van der Waals surface area (Å²) in [5.74, 6) is 0. The zero-order chi connectivity index (χ0) is 9.97. The Labute approximate surface area is 91.8 Å². The summed E-state index contributed by atoms with van der Waals surface area (Å²) < 4.78 is 2.59. The first kappa shape index (κ1) is 9.73. The predicted octanol–water partition coefficient (Wildman–Crippen LogP) is 2.20. The van der Waals surface area contributed by atoms with Gasteiger partial charge in [-0.1, -0.05) is 35.9 Å². The Morgan fingerprint density at radius 1 is 1.36 bits per heavy atom. The maximum Gasteiger partial charge on any atom is 0.328 e. The molecule has 0 spiro atoms. The molecule has 1 N–H and O–H groups in total. The summed E-state index contributed by atoms with van der Waals surface area (Å²) in [5.41, 5.74) is 2.46. The zero-order valence-corrected chi connectivity index (χ0v) is 9.15. The second kappa shape index (κ2) is 4.14. The number of amides is 2. The third-order valence-corrected chi connectivity index (χ3v) is 2.80. The molecular weight excluding hydrogens is 216 g/mol. The number of hydrogen-bond donors (Lipinski definition) is 2. The van der Waals surface area contributed by atoms with Crippen molar-refractivity contribution in [2.45, 2.75) is 13.1 Å². The molecule has 5 heteroatoms. The number of urea groups is 1. The Morgan fingerprint density at radius 2 is 1.93 bits per heavy atom. The molecule has 0 aliphatic carbocycles. The Bertz CT molecular complexity index is 331. The minimum Gasteiger partial charge on any atom is -0.315 e. The van der Waals surface area contributed by atoms with E-state index in [9.17, 15) is 4.79 Å². The lowest BCUT2D eigenvalue weighted by Gasteiger charge is -2.14. The maximum atomic E-state index is 11.5. The molecule has 0 saturated heterocycles. The van der Waals surface area contributed by atoms with Gasteiger partial charge in [-0.15, -0.1) is 0 Å². The third kappa shape index (κ3) is 1.83. The number of nitrogens with zero attached hydrogens (tertiary/aromatic N) is 1. The van der Waals surface area contributed by atoms with Crippen molar-refractivity contribution in [2.24, 2.45) is 0 Å². The van der Waals surface area contributed by atoms with Crippen molar-refractivity contribution >= 4 is 28.7 Å². The minimum atomic E-state index is -0.0822. The van der Waals surface area contributed by atoms with Crippen molar-refractivity contribution in [1.82, 2.24) is 9.62 Å². The van der Waals surface area contributed by atoms with Crippen molar-refractivity contribution in [3.8, 4) is 0 Å². The molecule has 2 rings (SSSR count). The fourth-order valence-corrected chi connectivity index (χ4v) is 2.02. The number of nitrogens with one attached hydrogen (secondary N) is 1. The van der Waals surface area contributed by atoms with Gasteiger partial charge in [0, 0.05) is 24.1 Å². The molecular formula is C9H10N2OS2. The van der Waals surface area contributed by atoms with Crippen molar-refractivity contribution in [2.75, 3.05) is 0 Å². The van der Waals surface area contributed by atoms with Gasteiger partial charge in [0.2, 0.25) is 0 Å². The number of carbonyl (C=O) groups excluding carboxylic acids is 1. The average molecular weight is 226 g/mol. The van der Waals surface area contributed by atoms with E-state index in [-0.39, 0.29) is 6.03 Å². The van der Waals surface area contributed by atoms with E-state index < -0.39 is 0 Å². The van der Waals surface area contributed by atoms with Gasteiger partial charge in [-0.05, 0) is 11.1 Å². The van der Waals surface area contributed by atoms with Crippen molar-refractivity contribution < 1.29 is 4.79 Å². The van der Waals surface area contributed by atoms with Crippen molar-refractivity contribution in [3.63, 3.8) is 0 Å². The highest BCUT2D eigenvalue weighted by molar-refractivity contribution is 8.68. The summed E-state index contributed by atoms with van der Waals surface area (Å²) in [4.78, 5) is 13.2. The summed E-state index contributed by atoms with van der Waals surface area (Å²) in [6.45, 7) is 1.38. The van der Waals surface area contributed by atoms with Gasteiger partial charge < -0.3 is 4.90 Å². The first-order valence-corrected chi connectivity index (χ1v) is 6.10. The molecule has 0 atom stereocenters. The smallest absolute Gasteiger partial charge is 0.315 e. The van der Waals surface area contributed by atoms with E-state index in [1.807, 2.05) is 12.1 Å². The molecule has 0 fully saturated rings. The zero-order valence-electron chi connectivity index (χ0n) is 7.43. The average Bonchev–Trinajstić information content (AvgIpc) is 2.61. The van der Waals surface area contributed by atoms with Crippen LogP contribution in [0.2, 0.25) is 0 Å². The Kier molecular flexibility index (Phi) is 2.88. The largest absolute Gasteiger partial charge is 0.328 e. The number of rotatable bonds is 1.